The number of amides is 1. The first-order valence-corrected chi connectivity index (χ1v) is 7.28. The molecule has 0 saturated carbocycles. The molecule has 1 N–H and O–H groups in total. The Kier molecular flexibility index (Phi) is 5.10. The number of carbonyl (C=O) groups is 1. The van der Waals surface area contributed by atoms with Crippen molar-refractivity contribution < 1.29 is 4.79 Å². The van der Waals surface area contributed by atoms with Gasteiger partial charge in [-0.25, -0.2) is 0 Å². The molecule has 0 aliphatic carbocycles. The average molecular weight is 323 g/mol. The number of likely N-dealkylation sites (N-methyl/N-ethyl adjacent to an activating group) is 1. The molecule has 5 heteroatoms. The topological polar surface area (TPSA) is 32.3 Å². The van der Waals surface area contributed by atoms with Gasteiger partial charge in [0.1, 0.15) is 6.04 Å². The minimum absolute atomic E-state index is 0.134. The summed E-state index contributed by atoms with van der Waals surface area (Å²) >= 11 is 11.9. The molecule has 0 spiro atoms. The first-order chi connectivity index (χ1) is 9.99. The number of para-hydroxylation sites is 1. The number of hydrogen-bond acceptors (Lipinski definition) is 2. The molecule has 0 aromatic heterocycles. The summed E-state index contributed by atoms with van der Waals surface area (Å²) < 4.78 is 0. The molecule has 0 fully saturated rings. The van der Waals surface area contributed by atoms with Crippen LogP contribution in [0.4, 0.5) is 11.4 Å². The largest absolute Gasteiger partial charge is 0.363 e. The first-order valence-electron chi connectivity index (χ1n) is 6.53. The predicted molar refractivity (Wildman–Crippen MR) is 89.4 cm³/mol. The highest BCUT2D eigenvalue weighted by Crippen LogP contribution is 2.26. The Morgan fingerprint density at radius 2 is 1.81 bits per heavy atom. The lowest BCUT2D eigenvalue weighted by atomic mass is 10.2. The third-order valence-corrected chi connectivity index (χ3v) is 3.86. The zero-order valence-electron chi connectivity index (χ0n) is 11.8. The normalized spacial score (nSPS) is 11.8. The number of benzene rings is 2. The molecular weight excluding hydrogens is 307 g/mol. The van der Waals surface area contributed by atoms with Crippen LogP contribution in [0.25, 0.3) is 0 Å². The molecule has 1 unspecified atom stereocenters. The fourth-order valence-corrected chi connectivity index (χ4v) is 2.35. The van der Waals surface area contributed by atoms with Gasteiger partial charge in [-0.05, 0) is 37.3 Å². The van der Waals surface area contributed by atoms with E-state index in [0.717, 1.165) is 5.69 Å². The van der Waals surface area contributed by atoms with E-state index in [0.29, 0.717) is 15.7 Å². The molecular formula is C16H16Cl2N2O. The van der Waals surface area contributed by atoms with E-state index in [1.54, 1.807) is 18.2 Å². The van der Waals surface area contributed by atoms with E-state index < -0.39 is 0 Å². The van der Waals surface area contributed by atoms with Crippen LogP contribution in [0.3, 0.4) is 0 Å². The summed E-state index contributed by atoms with van der Waals surface area (Å²) in [5.74, 6) is -0.134. The molecule has 2 aromatic carbocycles. The maximum Gasteiger partial charge on any atom is 0.246 e. The Hall–Kier alpha value is -1.71. The second-order valence-corrected chi connectivity index (χ2v) is 5.58. The minimum atomic E-state index is -0.334. The molecule has 0 aliphatic heterocycles. The predicted octanol–water partition coefficient (Wildman–Crippen LogP) is 4.46. The molecule has 2 rings (SSSR count). The van der Waals surface area contributed by atoms with Crippen molar-refractivity contribution in [2.75, 3.05) is 17.3 Å². The van der Waals surface area contributed by atoms with Crippen LogP contribution >= 0.6 is 23.2 Å². The second kappa shape index (κ2) is 6.83. The van der Waals surface area contributed by atoms with Crippen molar-refractivity contribution >= 4 is 40.5 Å². The Balaban J connectivity index is 2.09. The molecule has 21 heavy (non-hydrogen) atoms. The number of nitrogens with one attached hydrogen (secondary N) is 1. The lowest BCUT2D eigenvalue weighted by Gasteiger charge is -2.26. The van der Waals surface area contributed by atoms with Gasteiger partial charge < -0.3 is 10.2 Å². The summed E-state index contributed by atoms with van der Waals surface area (Å²) in [6.07, 6.45) is 0. The molecule has 0 aliphatic rings. The summed E-state index contributed by atoms with van der Waals surface area (Å²) in [4.78, 5) is 14.2. The van der Waals surface area contributed by atoms with E-state index in [1.807, 2.05) is 49.2 Å². The lowest BCUT2D eigenvalue weighted by Crippen LogP contribution is -2.39. The van der Waals surface area contributed by atoms with Gasteiger partial charge >= 0.3 is 0 Å². The number of hydrogen-bond donors (Lipinski definition) is 1. The Morgan fingerprint density at radius 3 is 2.43 bits per heavy atom. The fourth-order valence-electron chi connectivity index (χ4n) is 1.89. The molecule has 110 valence electrons. The van der Waals surface area contributed by atoms with Crippen LogP contribution in [0.2, 0.25) is 10.0 Å². The lowest BCUT2D eigenvalue weighted by molar-refractivity contribution is -0.117. The van der Waals surface area contributed by atoms with Crippen molar-refractivity contribution in [1.82, 2.24) is 0 Å². The zero-order chi connectivity index (χ0) is 15.4. The average Bonchev–Trinajstić information content (AvgIpc) is 2.49. The third kappa shape index (κ3) is 3.90. The number of rotatable bonds is 4. The maximum atomic E-state index is 12.3. The van der Waals surface area contributed by atoms with Crippen molar-refractivity contribution in [3.05, 3.63) is 58.6 Å². The number of nitrogens with zero attached hydrogens (tertiary/aromatic N) is 1. The molecule has 1 amide bonds. The standard InChI is InChI=1S/C16H16Cl2N2O/c1-11(20(2)13-6-4-3-5-7-13)16(21)19-15-9-8-12(17)10-14(15)18/h3-11H,1-2H3,(H,19,21). The van der Waals surface area contributed by atoms with E-state index in [1.165, 1.54) is 0 Å². The summed E-state index contributed by atoms with van der Waals surface area (Å²) in [7, 11) is 1.88. The Labute approximate surface area is 134 Å². The SMILES string of the molecule is CC(C(=O)Nc1ccc(Cl)cc1Cl)N(C)c1ccccc1. The number of anilines is 2. The zero-order valence-corrected chi connectivity index (χ0v) is 13.3. The number of halogens is 2. The summed E-state index contributed by atoms with van der Waals surface area (Å²) in [6, 6.07) is 14.4. The summed E-state index contributed by atoms with van der Waals surface area (Å²) in [6.45, 7) is 1.84. The van der Waals surface area contributed by atoms with Gasteiger partial charge in [0.25, 0.3) is 0 Å². The van der Waals surface area contributed by atoms with Gasteiger partial charge in [-0.1, -0.05) is 41.4 Å². The Morgan fingerprint density at radius 1 is 1.14 bits per heavy atom. The quantitative estimate of drug-likeness (QED) is 0.901. The van der Waals surface area contributed by atoms with E-state index in [4.69, 9.17) is 23.2 Å². The fraction of sp³-hybridized carbons (Fsp3) is 0.188. The molecule has 2 aromatic rings. The van der Waals surface area contributed by atoms with E-state index in [9.17, 15) is 4.79 Å². The number of carbonyl (C=O) groups excluding carboxylic acids is 1. The maximum absolute atomic E-state index is 12.3. The van der Waals surface area contributed by atoms with E-state index in [-0.39, 0.29) is 11.9 Å². The minimum Gasteiger partial charge on any atom is -0.363 e. The second-order valence-electron chi connectivity index (χ2n) is 4.74. The highest BCUT2D eigenvalue weighted by molar-refractivity contribution is 6.36. The molecule has 0 heterocycles. The third-order valence-electron chi connectivity index (χ3n) is 3.31. The van der Waals surface area contributed by atoms with Crippen LogP contribution < -0.4 is 10.2 Å². The van der Waals surface area contributed by atoms with Gasteiger partial charge in [-0.15, -0.1) is 0 Å². The monoisotopic (exact) mass is 322 g/mol. The van der Waals surface area contributed by atoms with Crippen LogP contribution in [-0.4, -0.2) is 19.0 Å². The van der Waals surface area contributed by atoms with Crippen LogP contribution in [0, 0.1) is 0 Å². The van der Waals surface area contributed by atoms with Gasteiger partial charge in [-0.3, -0.25) is 4.79 Å². The first kappa shape index (κ1) is 15.7. The summed E-state index contributed by atoms with van der Waals surface area (Å²) in [5.41, 5.74) is 1.53. The molecule has 0 radical (unpaired) electrons. The van der Waals surface area contributed by atoms with Gasteiger partial charge in [0.15, 0.2) is 0 Å². The van der Waals surface area contributed by atoms with Crippen molar-refractivity contribution in [1.29, 1.82) is 0 Å². The van der Waals surface area contributed by atoms with E-state index in [2.05, 4.69) is 5.32 Å². The van der Waals surface area contributed by atoms with E-state index >= 15 is 0 Å². The molecule has 0 saturated heterocycles. The summed E-state index contributed by atoms with van der Waals surface area (Å²) in [5, 5.41) is 3.77. The molecule has 0 bridgehead atoms. The van der Waals surface area contributed by atoms with Crippen LogP contribution in [0.5, 0.6) is 0 Å². The van der Waals surface area contributed by atoms with Crippen molar-refractivity contribution in [3.8, 4) is 0 Å². The molecule has 1 atom stereocenters. The van der Waals surface area contributed by atoms with Gasteiger partial charge in [0.2, 0.25) is 5.91 Å². The van der Waals surface area contributed by atoms with Crippen molar-refractivity contribution in [3.63, 3.8) is 0 Å². The van der Waals surface area contributed by atoms with Gasteiger partial charge in [0.05, 0.1) is 10.7 Å². The van der Waals surface area contributed by atoms with Crippen LogP contribution in [-0.2, 0) is 4.79 Å². The highest BCUT2D eigenvalue weighted by atomic mass is 35.5. The van der Waals surface area contributed by atoms with Crippen LogP contribution in [0.1, 0.15) is 6.92 Å². The van der Waals surface area contributed by atoms with Crippen LogP contribution in [0.15, 0.2) is 48.5 Å². The van der Waals surface area contributed by atoms with Crippen molar-refractivity contribution in [2.45, 2.75) is 13.0 Å². The molecule has 3 nitrogen and oxygen atoms in total. The highest BCUT2D eigenvalue weighted by Gasteiger charge is 2.19. The smallest absolute Gasteiger partial charge is 0.246 e. The Bertz CT molecular complexity index is 631. The van der Waals surface area contributed by atoms with Gasteiger partial charge in [-0.2, -0.15) is 0 Å². The van der Waals surface area contributed by atoms with Crippen molar-refractivity contribution in [2.24, 2.45) is 0 Å². The van der Waals surface area contributed by atoms with Gasteiger partial charge in [0, 0.05) is 17.8 Å².